The maximum atomic E-state index is 11.8. The fourth-order valence-corrected chi connectivity index (χ4v) is 3.45. The number of carbonyl (C=O) groups is 2. The van der Waals surface area contributed by atoms with Gasteiger partial charge >= 0.3 is 11.9 Å². The number of hydrogen-bond acceptors (Lipinski definition) is 4. The van der Waals surface area contributed by atoms with Crippen molar-refractivity contribution in [2.24, 2.45) is 11.3 Å². The molecule has 166 valence electrons. The lowest BCUT2D eigenvalue weighted by molar-refractivity contribution is -0.146. The minimum absolute atomic E-state index is 0.143. The molecule has 4 heteroatoms. The molecule has 28 heavy (non-hydrogen) atoms. The van der Waals surface area contributed by atoms with Gasteiger partial charge in [-0.3, -0.25) is 9.59 Å². The van der Waals surface area contributed by atoms with Crippen molar-refractivity contribution < 1.29 is 19.1 Å². The summed E-state index contributed by atoms with van der Waals surface area (Å²) in [6.45, 7) is 12.1. The summed E-state index contributed by atoms with van der Waals surface area (Å²) in [5.41, 5.74) is 0.312. The van der Waals surface area contributed by atoms with Crippen molar-refractivity contribution >= 4 is 11.9 Å². The summed E-state index contributed by atoms with van der Waals surface area (Å²) in [5.74, 6) is 0.258. The average molecular weight is 399 g/mol. The Morgan fingerprint density at radius 2 is 1.25 bits per heavy atom. The van der Waals surface area contributed by atoms with E-state index in [1.165, 1.54) is 32.1 Å². The van der Waals surface area contributed by atoms with Gasteiger partial charge in [0.15, 0.2) is 0 Å². The Bertz CT molecular complexity index is 398. The molecular weight excluding hydrogens is 352 g/mol. The highest BCUT2D eigenvalue weighted by Gasteiger charge is 2.15. The Labute approximate surface area is 174 Å². The second-order valence-electron chi connectivity index (χ2n) is 9.43. The van der Waals surface area contributed by atoms with E-state index in [9.17, 15) is 9.59 Å². The third-order valence-electron chi connectivity index (χ3n) is 4.86. The molecule has 0 bridgehead atoms. The molecule has 0 aromatic carbocycles. The summed E-state index contributed by atoms with van der Waals surface area (Å²) in [7, 11) is 0. The Morgan fingerprint density at radius 1 is 0.750 bits per heavy atom. The minimum Gasteiger partial charge on any atom is -0.466 e. The summed E-state index contributed by atoms with van der Waals surface area (Å²) < 4.78 is 10.6. The van der Waals surface area contributed by atoms with Crippen LogP contribution in [0, 0.1) is 11.3 Å². The smallest absolute Gasteiger partial charge is 0.305 e. The Balaban J connectivity index is 3.48. The highest BCUT2D eigenvalue weighted by atomic mass is 16.5. The lowest BCUT2D eigenvalue weighted by atomic mass is 9.84. The fourth-order valence-electron chi connectivity index (χ4n) is 3.45. The van der Waals surface area contributed by atoms with Gasteiger partial charge in [-0.15, -0.1) is 0 Å². The second kappa shape index (κ2) is 16.9. The van der Waals surface area contributed by atoms with E-state index in [1.54, 1.807) is 0 Å². The number of ether oxygens (including phenoxy) is 2. The monoisotopic (exact) mass is 398 g/mol. The zero-order valence-electron chi connectivity index (χ0n) is 19.3. The van der Waals surface area contributed by atoms with Crippen LogP contribution in [0.2, 0.25) is 0 Å². The average Bonchev–Trinajstić information content (AvgIpc) is 2.59. The number of esters is 2. The van der Waals surface area contributed by atoms with E-state index < -0.39 is 0 Å². The predicted octanol–water partition coefficient (Wildman–Crippen LogP) is 6.85. The van der Waals surface area contributed by atoms with E-state index >= 15 is 0 Å². The van der Waals surface area contributed by atoms with Crippen molar-refractivity contribution in [1.82, 2.24) is 0 Å². The molecule has 0 aliphatic heterocycles. The Hall–Kier alpha value is -1.06. The molecule has 0 saturated carbocycles. The van der Waals surface area contributed by atoms with Gasteiger partial charge in [-0.1, -0.05) is 73.1 Å². The van der Waals surface area contributed by atoms with Gasteiger partial charge < -0.3 is 9.47 Å². The highest BCUT2D eigenvalue weighted by Crippen LogP contribution is 2.25. The van der Waals surface area contributed by atoms with Gasteiger partial charge in [0.1, 0.15) is 0 Å². The molecule has 0 N–H and O–H groups in total. The quantitative estimate of drug-likeness (QED) is 0.199. The third-order valence-corrected chi connectivity index (χ3v) is 4.86. The molecule has 0 fully saturated rings. The molecule has 0 aliphatic carbocycles. The van der Waals surface area contributed by atoms with Crippen molar-refractivity contribution in [3.05, 3.63) is 0 Å². The first-order valence-electron chi connectivity index (χ1n) is 11.6. The molecule has 4 nitrogen and oxygen atoms in total. The maximum absolute atomic E-state index is 11.8. The zero-order valence-corrected chi connectivity index (χ0v) is 19.3. The molecule has 0 amide bonds. The van der Waals surface area contributed by atoms with Gasteiger partial charge in [0.25, 0.3) is 0 Å². The molecule has 0 rings (SSSR count). The van der Waals surface area contributed by atoms with Crippen LogP contribution in [0.4, 0.5) is 0 Å². The molecule has 1 unspecified atom stereocenters. The van der Waals surface area contributed by atoms with Crippen LogP contribution in [0.15, 0.2) is 0 Å². The zero-order chi connectivity index (χ0) is 21.3. The van der Waals surface area contributed by atoms with Crippen molar-refractivity contribution in [2.75, 3.05) is 13.2 Å². The SMILES string of the molecule is CCCCCCCCCOC(=O)CCCCC(=O)OCCC(C)CC(C)(C)C. The van der Waals surface area contributed by atoms with E-state index in [1.807, 2.05) is 0 Å². The van der Waals surface area contributed by atoms with E-state index in [0.717, 1.165) is 25.7 Å². The first kappa shape index (κ1) is 26.9. The summed E-state index contributed by atoms with van der Waals surface area (Å²) >= 11 is 0. The van der Waals surface area contributed by atoms with Gasteiger partial charge in [0.2, 0.25) is 0 Å². The maximum Gasteiger partial charge on any atom is 0.305 e. The Morgan fingerprint density at radius 3 is 1.79 bits per heavy atom. The largest absolute Gasteiger partial charge is 0.466 e. The summed E-state index contributed by atoms with van der Waals surface area (Å²) in [5, 5.41) is 0. The van der Waals surface area contributed by atoms with Crippen LogP contribution in [0.5, 0.6) is 0 Å². The van der Waals surface area contributed by atoms with Gasteiger partial charge in [0, 0.05) is 12.8 Å². The molecule has 0 aromatic heterocycles. The lowest BCUT2D eigenvalue weighted by Crippen LogP contribution is -2.14. The van der Waals surface area contributed by atoms with E-state index in [2.05, 4.69) is 34.6 Å². The van der Waals surface area contributed by atoms with Crippen LogP contribution in [0.1, 0.15) is 118 Å². The summed E-state index contributed by atoms with van der Waals surface area (Å²) in [6.07, 6.45) is 12.7. The molecule has 0 heterocycles. The van der Waals surface area contributed by atoms with Crippen molar-refractivity contribution in [3.63, 3.8) is 0 Å². The molecule has 0 aromatic rings. The van der Waals surface area contributed by atoms with Crippen molar-refractivity contribution in [2.45, 2.75) is 118 Å². The first-order chi connectivity index (χ1) is 13.2. The summed E-state index contributed by atoms with van der Waals surface area (Å²) in [4.78, 5) is 23.4. The normalized spacial score (nSPS) is 12.6. The van der Waals surface area contributed by atoms with Crippen LogP contribution in [0.25, 0.3) is 0 Å². The van der Waals surface area contributed by atoms with Gasteiger partial charge in [-0.05, 0) is 43.4 Å². The van der Waals surface area contributed by atoms with Gasteiger partial charge in [0.05, 0.1) is 13.2 Å². The van der Waals surface area contributed by atoms with Crippen LogP contribution >= 0.6 is 0 Å². The van der Waals surface area contributed by atoms with E-state index in [0.29, 0.717) is 50.2 Å². The second-order valence-corrected chi connectivity index (χ2v) is 9.43. The molecule has 0 saturated heterocycles. The molecular formula is C24H46O4. The highest BCUT2D eigenvalue weighted by molar-refractivity contribution is 5.70. The van der Waals surface area contributed by atoms with E-state index in [4.69, 9.17) is 9.47 Å². The number of carbonyl (C=O) groups excluding carboxylic acids is 2. The summed E-state index contributed by atoms with van der Waals surface area (Å²) in [6, 6.07) is 0. The lowest BCUT2D eigenvalue weighted by Gasteiger charge is -2.22. The van der Waals surface area contributed by atoms with Crippen LogP contribution < -0.4 is 0 Å². The number of unbranched alkanes of at least 4 members (excludes halogenated alkanes) is 7. The number of hydrogen-bond donors (Lipinski definition) is 0. The van der Waals surface area contributed by atoms with Crippen molar-refractivity contribution in [3.8, 4) is 0 Å². The van der Waals surface area contributed by atoms with E-state index in [-0.39, 0.29) is 11.9 Å². The van der Waals surface area contributed by atoms with Crippen molar-refractivity contribution in [1.29, 1.82) is 0 Å². The van der Waals surface area contributed by atoms with Gasteiger partial charge in [-0.25, -0.2) is 0 Å². The van der Waals surface area contributed by atoms with Crippen LogP contribution in [-0.4, -0.2) is 25.2 Å². The first-order valence-corrected chi connectivity index (χ1v) is 11.6. The predicted molar refractivity (Wildman–Crippen MR) is 116 cm³/mol. The third kappa shape index (κ3) is 19.7. The molecule has 1 atom stereocenters. The van der Waals surface area contributed by atoms with Crippen LogP contribution in [0.3, 0.4) is 0 Å². The number of rotatable bonds is 17. The topological polar surface area (TPSA) is 52.6 Å². The molecule has 0 aliphatic rings. The fraction of sp³-hybridized carbons (Fsp3) is 0.917. The van der Waals surface area contributed by atoms with Crippen LogP contribution in [-0.2, 0) is 19.1 Å². The van der Waals surface area contributed by atoms with Gasteiger partial charge in [-0.2, -0.15) is 0 Å². The Kier molecular flexibility index (Phi) is 16.2. The minimum atomic E-state index is -0.153. The molecule has 0 radical (unpaired) electrons. The molecule has 0 spiro atoms. The standard InChI is InChI=1S/C24H46O4/c1-6-7-8-9-10-11-14-18-27-22(25)15-12-13-16-23(26)28-19-17-21(2)20-24(3,4)5/h21H,6-20H2,1-5H3.